The summed E-state index contributed by atoms with van der Waals surface area (Å²) in [5, 5.41) is 6.22. The number of pyridine rings is 1. The van der Waals surface area contributed by atoms with Gasteiger partial charge >= 0.3 is 6.18 Å². The fourth-order valence-corrected chi connectivity index (χ4v) is 2.23. The molecule has 1 amide bonds. The minimum atomic E-state index is -4.57. The standard InChI is InChI=1S/C17H13F3N4O2/c1-26-15-10-14(17(18,19)20)23-24(15)13-4-2-12(3-5-13)22-16(25)11-6-8-21-9-7-11/h2-10H,1H3,(H,22,25). The number of rotatable bonds is 4. The number of nitrogens with zero attached hydrogens (tertiary/aromatic N) is 3. The Balaban J connectivity index is 1.82. The summed E-state index contributed by atoms with van der Waals surface area (Å²) in [7, 11) is 1.26. The van der Waals surface area contributed by atoms with Gasteiger partial charge in [-0.25, -0.2) is 4.68 Å². The van der Waals surface area contributed by atoms with E-state index in [4.69, 9.17) is 4.74 Å². The smallest absolute Gasteiger partial charge is 0.435 e. The highest BCUT2D eigenvalue weighted by molar-refractivity contribution is 6.04. The van der Waals surface area contributed by atoms with Gasteiger partial charge in [0.1, 0.15) is 0 Å². The number of hydrogen-bond donors (Lipinski definition) is 1. The van der Waals surface area contributed by atoms with Crippen LogP contribution in [0.25, 0.3) is 5.69 Å². The van der Waals surface area contributed by atoms with E-state index in [2.05, 4.69) is 15.4 Å². The lowest BCUT2D eigenvalue weighted by atomic mass is 10.2. The number of alkyl halides is 3. The number of aromatic nitrogens is 3. The van der Waals surface area contributed by atoms with Gasteiger partial charge in [0.25, 0.3) is 5.91 Å². The molecule has 0 spiro atoms. The second-order valence-electron chi connectivity index (χ2n) is 5.22. The monoisotopic (exact) mass is 362 g/mol. The molecule has 0 saturated carbocycles. The van der Waals surface area contributed by atoms with E-state index in [1.54, 1.807) is 24.3 Å². The van der Waals surface area contributed by atoms with Crippen molar-refractivity contribution < 1.29 is 22.7 Å². The third-order valence-corrected chi connectivity index (χ3v) is 3.49. The molecular formula is C17H13F3N4O2. The summed E-state index contributed by atoms with van der Waals surface area (Å²) in [5.41, 5.74) is 0.231. The molecule has 0 saturated heterocycles. The number of amides is 1. The van der Waals surface area contributed by atoms with Crippen molar-refractivity contribution >= 4 is 11.6 Å². The summed E-state index contributed by atoms with van der Waals surface area (Å²) in [6, 6.07) is 10.1. The van der Waals surface area contributed by atoms with Gasteiger partial charge in [-0.1, -0.05) is 0 Å². The van der Waals surface area contributed by atoms with Gasteiger partial charge in [0.2, 0.25) is 5.88 Å². The molecular weight excluding hydrogens is 349 g/mol. The Labute approximate surface area is 146 Å². The molecule has 6 nitrogen and oxygen atoms in total. The first kappa shape index (κ1) is 17.5. The van der Waals surface area contributed by atoms with Crippen molar-refractivity contribution in [1.29, 1.82) is 0 Å². The van der Waals surface area contributed by atoms with E-state index in [1.807, 2.05) is 0 Å². The lowest BCUT2D eigenvalue weighted by Gasteiger charge is -2.08. The van der Waals surface area contributed by atoms with E-state index in [9.17, 15) is 18.0 Å². The van der Waals surface area contributed by atoms with Crippen molar-refractivity contribution in [1.82, 2.24) is 14.8 Å². The minimum absolute atomic E-state index is 0.0501. The van der Waals surface area contributed by atoms with Gasteiger partial charge in [-0.3, -0.25) is 9.78 Å². The predicted octanol–water partition coefficient (Wildman–Crippen LogP) is 3.55. The second-order valence-corrected chi connectivity index (χ2v) is 5.22. The Morgan fingerprint density at radius 3 is 2.35 bits per heavy atom. The average molecular weight is 362 g/mol. The van der Waals surface area contributed by atoms with E-state index < -0.39 is 11.9 Å². The molecule has 0 atom stereocenters. The fourth-order valence-electron chi connectivity index (χ4n) is 2.23. The Bertz CT molecular complexity index is 906. The summed E-state index contributed by atoms with van der Waals surface area (Å²) < 4.78 is 44.4. The van der Waals surface area contributed by atoms with E-state index in [1.165, 1.54) is 31.6 Å². The van der Waals surface area contributed by atoms with Gasteiger partial charge in [0.05, 0.1) is 12.8 Å². The van der Waals surface area contributed by atoms with Gasteiger partial charge < -0.3 is 10.1 Å². The number of methoxy groups -OCH3 is 1. The van der Waals surface area contributed by atoms with Crippen LogP contribution in [0, 0.1) is 0 Å². The maximum atomic E-state index is 12.8. The number of halogens is 3. The highest BCUT2D eigenvalue weighted by atomic mass is 19.4. The lowest BCUT2D eigenvalue weighted by molar-refractivity contribution is -0.141. The molecule has 26 heavy (non-hydrogen) atoms. The SMILES string of the molecule is COc1cc(C(F)(F)F)nn1-c1ccc(NC(=O)c2ccncc2)cc1. The molecule has 0 bridgehead atoms. The van der Waals surface area contributed by atoms with Gasteiger partial charge in [-0.2, -0.15) is 18.3 Å². The lowest BCUT2D eigenvalue weighted by Crippen LogP contribution is -2.12. The summed E-state index contributed by atoms with van der Waals surface area (Å²) in [6.07, 6.45) is -1.57. The molecule has 0 unspecified atom stereocenters. The molecule has 2 aromatic heterocycles. The number of carbonyl (C=O) groups is 1. The Morgan fingerprint density at radius 2 is 1.77 bits per heavy atom. The van der Waals surface area contributed by atoms with E-state index in [-0.39, 0.29) is 11.8 Å². The van der Waals surface area contributed by atoms with Crippen LogP contribution < -0.4 is 10.1 Å². The summed E-state index contributed by atoms with van der Waals surface area (Å²) in [6.45, 7) is 0. The number of anilines is 1. The molecule has 0 fully saturated rings. The number of hydrogen-bond acceptors (Lipinski definition) is 4. The number of ether oxygens (including phenoxy) is 1. The fraction of sp³-hybridized carbons (Fsp3) is 0.118. The molecule has 0 aliphatic rings. The van der Waals surface area contributed by atoms with Crippen molar-refractivity contribution in [2.75, 3.05) is 12.4 Å². The third kappa shape index (κ3) is 3.66. The normalized spacial score (nSPS) is 11.2. The Hall–Kier alpha value is -3.36. The zero-order valence-corrected chi connectivity index (χ0v) is 13.5. The van der Waals surface area contributed by atoms with Crippen molar-refractivity contribution in [3.05, 3.63) is 66.1 Å². The molecule has 2 heterocycles. The highest BCUT2D eigenvalue weighted by Crippen LogP contribution is 2.32. The second kappa shape index (κ2) is 6.87. The van der Waals surface area contributed by atoms with Crippen LogP contribution in [0.15, 0.2) is 54.9 Å². The highest BCUT2D eigenvalue weighted by Gasteiger charge is 2.35. The summed E-state index contributed by atoms with van der Waals surface area (Å²) in [4.78, 5) is 15.9. The van der Waals surface area contributed by atoms with Gasteiger partial charge in [0, 0.05) is 29.7 Å². The molecule has 9 heteroatoms. The van der Waals surface area contributed by atoms with Crippen LogP contribution >= 0.6 is 0 Å². The van der Waals surface area contributed by atoms with Crippen LogP contribution in [0.1, 0.15) is 16.1 Å². The topological polar surface area (TPSA) is 69.0 Å². The van der Waals surface area contributed by atoms with Gasteiger partial charge in [0.15, 0.2) is 5.69 Å². The van der Waals surface area contributed by atoms with Crippen molar-refractivity contribution in [3.63, 3.8) is 0 Å². The molecule has 3 rings (SSSR count). The van der Waals surface area contributed by atoms with E-state index in [0.29, 0.717) is 16.9 Å². The van der Waals surface area contributed by atoms with Crippen LogP contribution in [0.4, 0.5) is 18.9 Å². The van der Waals surface area contributed by atoms with E-state index >= 15 is 0 Å². The molecule has 0 aliphatic carbocycles. The van der Waals surface area contributed by atoms with Crippen LogP contribution in [0.2, 0.25) is 0 Å². The maximum Gasteiger partial charge on any atom is 0.435 e. The van der Waals surface area contributed by atoms with Crippen LogP contribution in [-0.2, 0) is 6.18 Å². The third-order valence-electron chi connectivity index (χ3n) is 3.49. The number of benzene rings is 1. The first-order valence-corrected chi connectivity index (χ1v) is 7.41. The first-order chi connectivity index (χ1) is 12.4. The first-order valence-electron chi connectivity index (χ1n) is 7.41. The number of nitrogens with one attached hydrogen (secondary N) is 1. The molecule has 1 aromatic carbocycles. The average Bonchev–Trinajstić information content (AvgIpc) is 3.08. The molecule has 134 valence electrons. The van der Waals surface area contributed by atoms with E-state index in [0.717, 1.165) is 10.7 Å². The molecule has 3 aromatic rings. The number of carbonyl (C=O) groups excluding carboxylic acids is 1. The van der Waals surface area contributed by atoms with Crippen molar-refractivity contribution in [2.24, 2.45) is 0 Å². The Kier molecular flexibility index (Phi) is 4.61. The largest absolute Gasteiger partial charge is 0.481 e. The molecule has 0 radical (unpaired) electrons. The van der Waals surface area contributed by atoms with Crippen LogP contribution in [-0.4, -0.2) is 27.8 Å². The van der Waals surface area contributed by atoms with Crippen LogP contribution in [0.5, 0.6) is 5.88 Å². The van der Waals surface area contributed by atoms with Crippen molar-refractivity contribution in [3.8, 4) is 11.6 Å². The quantitative estimate of drug-likeness (QED) is 0.771. The zero-order valence-electron chi connectivity index (χ0n) is 13.5. The van der Waals surface area contributed by atoms with Crippen LogP contribution in [0.3, 0.4) is 0 Å². The zero-order chi connectivity index (χ0) is 18.7. The van der Waals surface area contributed by atoms with Gasteiger partial charge in [-0.15, -0.1) is 0 Å². The Morgan fingerprint density at radius 1 is 1.12 bits per heavy atom. The summed E-state index contributed by atoms with van der Waals surface area (Å²) in [5.74, 6) is -0.373. The van der Waals surface area contributed by atoms with Gasteiger partial charge in [-0.05, 0) is 36.4 Å². The van der Waals surface area contributed by atoms with Crippen molar-refractivity contribution in [2.45, 2.75) is 6.18 Å². The maximum absolute atomic E-state index is 12.8. The predicted molar refractivity (Wildman–Crippen MR) is 87.3 cm³/mol. The summed E-state index contributed by atoms with van der Waals surface area (Å²) >= 11 is 0. The molecule has 0 aliphatic heterocycles. The minimum Gasteiger partial charge on any atom is -0.481 e. The molecule has 1 N–H and O–H groups in total.